The van der Waals surface area contributed by atoms with Crippen molar-refractivity contribution in [2.24, 2.45) is 4.99 Å². The van der Waals surface area contributed by atoms with Gasteiger partial charge in [0.25, 0.3) is 11.6 Å². The van der Waals surface area contributed by atoms with E-state index >= 15 is 0 Å². The molecule has 0 N–H and O–H groups in total. The Kier molecular flexibility index (Phi) is 5.94. The molecule has 0 radical (unpaired) electrons. The Morgan fingerprint density at radius 2 is 1.87 bits per heavy atom. The molecule has 3 aromatic rings. The van der Waals surface area contributed by atoms with Crippen molar-refractivity contribution >= 4 is 39.3 Å². The molecule has 1 aliphatic heterocycles. The van der Waals surface area contributed by atoms with Gasteiger partial charge < -0.3 is 4.74 Å². The van der Waals surface area contributed by atoms with Crippen LogP contribution in [-0.4, -0.2) is 40.6 Å². The monoisotopic (exact) mass is 421 g/mol. The molecule has 7 nitrogen and oxygen atoms in total. The van der Waals surface area contributed by atoms with E-state index in [-0.39, 0.29) is 18.2 Å². The number of amidine groups is 1. The van der Waals surface area contributed by atoms with E-state index in [4.69, 9.17) is 4.74 Å². The van der Waals surface area contributed by atoms with Gasteiger partial charge in [-0.1, -0.05) is 54.2 Å². The third kappa shape index (κ3) is 4.60. The van der Waals surface area contributed by atoms with Crippen LogP contribution < -0.4 is 4.74 Å². The molecule has 1 aliphatic rings. The number of carbonyl (C=O) groups is 1. The van der Waals surface area contributed by atoms with Crippen LogP contribution in [0.3, 0.4) is 0 Å². The number of hydrogen-bond donors (Lipinski definition) is 0. The molecular formula is C22H19N3O4S. The van der Waals surface area contributed by atoms with E-state index < -0.39 is 4.92 Å². The van der Waals surface area contributed by atoms with Gasteiger partial charge in [-0.15, -0.1) is 0 Å². The van der Waals surface area contributed by atoms with Gasteiger partial charge in [-0.25, -0.2) is 0 Å². The number of carbonyl (C=O) groups excluding carboxylic acids is 1. The Bertz CT molecular complexity index is 1110. The van der Waals surface area contributed by atoms with Crippen molar-refractivity contribution in [3.8, 4) is 5.75 Å². The summed E-state index contributed by atoms with van der Waals surface area (Å²) in [6.45, 7) is 1.03. The first-order valence-electron chi connectivity index (χ1n) is 9.43. The van der Waals surface area contributed by atoms with Gasteiger partial charge in [-0.05, 0) is 28.5 Å². The zero-order valence-corrected chi connectivity index (χ0v) is 16.9. The zero-order chi connectivity index (χ0) is 20.9. The zero-order valence-electron chi connectivity index (χ0n) is 16.1. The molecule has 0 aliphatic carbocycles. The molecule has 0 saturated heterocycles. The van der Waals surface area contributed by atoms with Crippen molar-refractivity contribution in [1.82, 2.24) is 4.90 Å². The summed E-state index contributed by atoms with van der Waals surface area (Å²) in [4.78, 5) is 29.0. The number of nitro groups is 1. The third-order valence-electron chi connectivity index (χ3n) is 4.70. The minimum absolute atomic E-state index is 0.0598. The third-order valence-corrected chi connectivity index (χ3v) is 5.79. The van der Waals surface area contributed by atoms with Crippen LogP contribution in [0.15, 0.2) is 71.7 Å². The smallest absolute Gasteiger partial charge is 0.269 e. The van der Waals surface area contributed by atoms with Gasteiger partial charge in [-0.2, -0.15) is 0 Å². The summed E-state index contributed by atoms with van der Waals surface area (Å²) in [6.07, 6.45) is 0. The lowest BCUT2D eigenvalue weighted by atomic mass is 10.1. The first-order chi connectivity index (χ1) is 14.6. The molecule has 152 valence electrons. The van der Waals surface area contributed by atoms with Crippen LogP contribution >= 0.6 is 11.8 Å². The van der Waals surface area contributed by atoms with Gasteiger partial charge >= 0.3 is 0 Å². The Balaban J connectivity index is 1.33. The molecule has 1 amide bonds. The number of thioether (sulfide) groups is 1. The van der Waals surface area contributed by atoms with Gasteiger partial charge in [0.2, 0.25) is 0 Å². The highest BCUT2D eigenvalue weighted by Crippen LogP contribution is 2.23. The first kappa shape index (κ1) is 19.9. The number of nitrogens with zero attached hydrogens (tertiary/aromatic N) is 3. The number of benzene rings is 3. The van der Waals surface area contributed by atoms with E-state index in [2.05, 4.69) is 4.99 Å². The van der Waals surface area contributed by atoms with Crippen LogP contribution in [0, 0.1) is 10.1 Å². The lowest BCUT2D eigenvalue weighted by molar-refractivity contribution is -0.384. The van der Waals surface area contributed by atoms with E-state index in [1.54, 1.807) is 17.0 Å². The Labute approximate surface area is 177 Å². The number of fused-ring (bicyclic) bond motifs is 1. The van der Waals surface area contributed by atoms with Gasteiger partial charge in [0.1, 0.15) is 5.75 Å². The highest BCUT2D eigenvalue weighted by Gasteiger charge is 2.24. The minimum Gasteiger partial charge on any atom is -0.484 e. The average Bonchev–Trinajstić information content (AvgIpc) is 3.25. The summed E-state index contributed by atoms with van der Waals surface area (Å²) in [5.74, 6) is 1.08. The number of rotatable bonds is 6. The van der Waals surface area contributed by atoms with E-state index in [0.29, 0.717) is 29.8 Å². The molecule has 0 unspecified atom stereocenters. The molecule has 4 rings (SSSR count). The normalized spacial score (nSPS) is 13.3. The van der Waals surface area contributed by atoms with Crippen LogP contribution in [0.4, 0.5) is 5.69 Å². The maximum absolute atomic E-state index is 12.7. The van der Waals surface area contributed by atoms with Crippen LogP contribution in [0.2, 0.25) is 0 Å². The number of aliphatic imine (C=N–C) groups is 1. The Morgan fingerprint density at radius 1 is 1.10 bits per heavy atom. The summed E-state index contributed by atoms with van der Waals surface area (Å²) in [7, 11) is 0. The van der Waals surface area contributed by atoms with Crippen molar-refractivity contribution in [1.29, 1.82) is 0 Å². The molecule has 0 atom stereocenters. The van der Waals surface area contributed by atoms with Crippen molar-refractivity contribution in [2.45, 2.75) is 5.75 Å². The second-order valence-corrected chi connectivity index (χ2v) is 7.66. The predicted molar refractivity (Wildman–Crippen MR) is 118 cm³/mol. The van der Waals surface area contributed by atoms with Gasteiger partial charge in [0.15, 0.2) is 11.8 Å². The number of hydrogen-bond acceptors (Lipinski definition) is 6. The number of amides is 1. The summed E-state index contributed by atoms with van der Waals surface area (Å²) in [5, 5.41) is 13.6. The first-order valence-corrected chi connectivity index (χ1v) is 10.4. The standard InChI is InChI=1S/C22H19N3O4S/c26-21(14-29-20-10-7-17-3-1-2-4-18(17)13-20)24-12-11-23-22(24)30-15-16-5-8-19(9-6-16)25(27)28/h1-10,13H,11-12,14-15H2. The molecule has 0 saturated carbocycles. The molecule has 0 bridgehead atoms. The predicted octanol–water partition coefficient (Wildman–Crippen LogP) is 4.26. The number of ether oxygens (including phenoxy) is 1. The highest BCUT2D eigenvalue weighted by atomic mass is 32.2. The summed E-state index contributed by atoms with van der Waals surface area (Å²) in [6, 6.07) is 20.1. The van der Waals surface area contributed by atoms with Gasteiger partial charge in [0, 0.05) is 24.4 Å². The summed E-state index contributed by atoms with van der Waals surface area (Å²) in [5.41, 5.74) is 0.990. The maximum atomic E-state index is 12.7. The molecule has 1 heterocycles. The van der Waals surface area contributed by atoms with Crippen LogP contribution in [0.5, 0.6) is 5.75 Å². The van der Waals surface area contributed by atoms with Crippen molar-refractivity contribution in [3.05, 3.63) is 82.4 Å². The fraction of sp³-hybridized carbons (Fsp3) is 0.182. The summed E-state index contributed by atoms with van der Waals surface area (Å²) < 4.78 is 5.72. The topological polar surface area (TPSA) is 85.0 Å². The summed E-state index contributed by atoms with van der Waals surface area (Å²) >= 11 is 1.44. The molecule has 3 aromatic carbocycles. The van der Waals surface area contributed by atoms with E-state index in [0.717, 1.165) is 16.3 Å². The SMILES string of the molecule is O=C(COc1ccc2ccccc2c1)N1CCN=C1SCc1ccc([N+](=O)[O-])cc1. The van der Waals surface area contributed by atoms with Crippen molar-refractivity contribution in [2.75, 3.05) is 19.7 Å². The quantitative estimate of drug-likeness (QED) is 0.439. The lowest BCUT2D eigenvalue weighted by Gasteiger charge is -2.18. The van der Waals surface area contributed by atoms with Crippen LogP contribution in [0.25, 0.3) is 10.8 Å². The largest absolute Gasteiger partial charge is 0.484 e. The van der Waals surface area contributed by atoms with E-state index in [1.807, 2.05) is 42.5 Å². The molecule has 8 heteroatoms. The highest BCUT2D eigenvalue weighted by molar-refractivity contribution is 8.13. The fourth-order valence-corrected chi connectivity index (χ4v) is 4.14. The van der Waals surface area contributed by atoms with E-state index in [9.17, 15) is 14.9 Å². The van der Waals surface area contributed by atoms with Gasteiger partial charge in [-0.3, -0.25) is 24.8 Å². The van der Waals surface area contributed by atoms with E-state index in [1.165, 1.54) is 23.9 Å². The van der Waals surface area contributed by atoms with Gasteiger partial charge in [0.05, 0.1) is 11.5 Å². The fourth-order valence-electron chi connectivity index (χ4n) is 3.12. The number of nitro benzene ring substituents is 1. The van der Waals surface area contributed by atoms with Crippen LogP contribution in [-0.2, 0) is 10.5 Å². The maximum Gasteiger partial charge on any atom is 0.269 e. The van der Waals surface area contributed by atoms with Crippen LogP contribution in [0.1, 0.15) is 5.56 Å². The Hall–Kier alpha value is -3.39. The molecule has 30 heavy (non-hydrogen) atoms. The second-order valence-electron chi connectivity index (χ2n) is 6.72. The van der Waals surface area contributed by atoms with Crippen molar-refractivity contribution < 1.29 is 14.5 Å². The molecule has 0 aromatic heterocycles. The molecular weight excluding hydrogens is 402 g/mol. The molecule has 0 spiro atoms. The second kappa shape index (κ2) is 8.96. The number of non-ortho nitro benzene ring substituents is 1. The average molecular weight is 421 g/mol. The Morgan fingerprint density at radius 3 is 2.63 bits per heavy atom. The minimum atomic E-state index is -0.423. The van der Waals surface area contributed by atoms with Crippen molar-refractivity contribution in [3.63, 3.8) is 0 Å². The molecule has 0 fully saturated rings. The lowest BCUT2D eigenvalue weighted by Crippen LogP contribution is -2.36.